The van der Waals surface area contributed by atoms with Crippen molar-refractivity contribution < 1.29 is 34.2 Å². The van der Waals surface area contributed by atoms with Crippen LogP contribution in [0.15, 0.2) is 0 Å². The molecule has 0 radical (unpaired) electrons. The van der Waals surface area contributed by atoms with Crippen molar-refractivity contribution in [1.82, 2.24) is 16.0 Å². The second kappa shape index (κ2) is 14.6. The van der Waals surface area contributed by atoms with Gasteiger partial charge in [0, 0.05) is 0 Å². The van der Waals surface area contributed by atoms with Gasteiger partial charge in [0.1, 0.15) is 24.2 Å². The summed E-state index contributed by atoms with van der Waals surface area (Å²) in [5.74, 6) is -4.47. The van der Waals surface area contributed by atoms with E-state index in [1.165, 1.54) is 11.8 Å². The summed E-state index contributed by atoms with van der Waals surface area (Å²) in [5.41, 5.74) is 10.6. The summed E-state index contributed by atoms with van der Waals surface area (Å²) in [7, 11) is 0. The van der Waals surface area contributed by atoms with Crippen molar-refractivity contribution in [2.24, 2.45) is 17.4 Å². The summed E-state index contributed by atoms with van der Waals surface area (Å²) in [4.78, 5) is 60.2. The number of nitrogens with two attached hydrogens (primary N) is 2. The van der Waals surface area contributed by atoms with Gasteiger partial charge in [-0.15, -0.1) is 0 Å². The van der Waals surface area contributed by atoms with Gasteiger partial charge in [0.15, 0.2) is 0 Å². The van der Waals surface area contributed by atoms with Crippen LogP contribution in [0.2, 0.25) is 0 Å². The van der Waals surface area contributed by atoms with Gasteiger partial charge < -0.3 is 37.6 Å². The maximum Gasteiger partial charge on any atom is 0.326 e. The van der Waals surface area contributed by atoms with Gasteiger partial charge >= 0.3 is 5.97 Å². The molecule has 0 aromatic carbocycles. The molecular formula is C18H33N5O7S. The first-order valence-corrected chi connectivity index (χ1v) is 11.1. The number of carbonyl (C=O) groups excluding carboxylic acids is 4. The number of aliphatic carboxylic acids is 1. The van der Waals surface area contributed by atoms with Gasteiger partial charge in [-0.1, -0.05) is 20.3 Å². The van der Waals surface area contributed by atoms with Crippen LogP contribution in [0.25, 0.3) is 0 Å². The lowest BCUT2D eigenvalue weighted by Crippen LogP contribution is -2.59. The normalized spacial score (nSPS) is 15.6. The highest BCUT2D eigenvalue weighted by atomic mass is 32.2. The second-order valence-electron chi connectivity index (χ2n) is 7.07. The number of rotatable bonds is 15. The number of primary amides is 1. The first-order valence-electron chi connectivity index (χ1n) is 9.75. The van der Waals surface area contributed by atoms with Crippen molar-refractivity contribution in [2.75, 3.05) is 18.6 Å². The fraction of sp³-hybridized carbons (Fsp3) is 0.722. The SMILES string of the molecule is CCC(C)C(NC(=O)C(N)CO)C(=O)NC(CC(N)=O)C(=O)NC(CCSC)C(=O)O. The number of aliphatic hydroxyl groups excluding tert-OH is 1. The Morgan fingerprint density at radius 2 is 1.58 bits per heavy atom. The molecule has 0 saturated heterocycles. The summed E-state index contributed by atoms with van der Waals surface area (Å²) < 4.78 is 0. The van der Waals surface area contributed by atoms with Crippen LogP contribution in [-0.4, -0.2) is 82.6 Å². The lowest BCUT2D eigenvalue weighted by atomic mass is 9.97. The molecule has 12 nitrogen and oxygen atoms in total. The Bertz CT molecular complexity index is 649. The van der Waals surface area contributed by atoms with E-state index >= 15 is 0 Å². The number of aliphatic hydroxyl groups is 1. The van der Waals surface area contributed by atoms with Crippen LogP contribution in [-0.2, 0) is 24.0 Å². The number of carbonyl (C=O) groups is 5. The minimum absolute atomic E-state index is 0.143. The predicted molar refractivity (Wildman–Crippen MR) is 115 cm³/mol. The smallest absolute Gasteiger partial charge is 0.326 e. The van der Waals surface area contributed by atoms with Gasteiger partial charge in [-0.2, -0.15) is 11.8 Å². The van der Waals surface area contributed by atoms with Crippen LogP contribution < -0.4 is 27.4 Å². The highest BCUT2D eigenvalue weighted by molar-refractivity contribution is 7.98. The zero-order chi connectivity index (χ0) is 24.1. The lowest BCUT2D eigenvalue weighted by Gasteiger charge is -2.27. The lowest BCUT2D eigenvalue weighted by molar-refractivity contribution is -0.142. The van der Waals surface area contributed by atoms with Crippen molar-refractivity contribution in [3.05, 3.63) is 0 Å². The molecule has 0 aliphatic carbocycles. The summed E-state index contributed by atoms with van der Waals surface area (Å²) in [5, 5.41) is 25.4. The molecular weight excluding hydrogens is 430 g/mol. The number of carboxylic acids is 1. The second-order valence-corrected chi connectivity index (χ2v) is 8.06. The zero-order valence-corrected chi connectivity index (χ0v) is 18.7. The highest BCUT2D eigenvalue weighted by Crippen LogP contribution is 2.10. The third-order valence-electron chi connectivity index (χ3n) is 4.59. The van der Waals surface area contributed by atoms with Crippen molar-refractivity contribution in [3.63, 3.8) is 0 Å². The molecule has 0 aliphatic rings. The largest absolute Gasteiger partial charge is 0.480 e. The van der Waals surface area contributed by atoms with E-state index < -0.39 is 66.8 Å². The fourth-order valence-corrected chi connectivity index (χ4v) is 2.95. The standard InChI is InChI=1S/C18H33N5O7S/c1-4-9(2)14(23-15(26)10(19)8-24)17(28)22-12(7-13(20)25)16(27)21-11(18(29)30)5-6-31-3/h9-12,14,24H,4-8,19H2,1-3H3,(H2,20,25)(H,21,27)(H,22,28)(H,23,26)(H,29,30). The molecule has 0 fully saturated rings. The molecule has 13 heteroatoms. The van der Waals surface area contributed by atoms with Crippen molar-refractivity contribution in [1.29, 1.82) is 0 Å². The topological polar surface area (TPSA) is 214 Å². The van der Waals surface area contributed by atoms with Crippen molar-refractivity contribution in [3.8, 4) is 0 Å². The van der Waals surface area contributed by atoms with E-state index in [2.05, 4.69) is 16.0 Å². The molecule has 9 N–H and O–H groups in total. The van der Waals surface area contributed by atoms with Gasteiger partial charge in [0.25, 0.3) is 0 Å². The molecule has 31 heavy (non-hydrogen) atoms. The monoisotopic (exact) mass is 463 g/mol. The van der Waals surface area contributed by atoms with Crippen LogP contribution in [0.1, 0.15) is 33.1 Å². The molecule has 178 valence electrons. The Morgan fingerprint density at radius 3 is 2.03 bits per heavy atom. The summed E-state index contributed by atoms with van der Waals surface area (Å²) in [6.07, 6.45) is 1.84. The van der Waals surface area contributed by atoms with E-state index in [0.717, 1.165) is 0 Å². The first kappa shape index (κ1) is 28.6. The average molecular weight is 464 g/mol. The third-order valence-corrected chi connectivity index (χ3v) is 5.23. The summed E-state index contributed by atoms with van der Waals surface area (Å²) in [6, 6.07) is -4.99. The Kier molecular flexibility index (Phi) is 13.5. The summed E-state index contributed by atoms with van der Waals surface area (Å²) >= 11 is 1.40. The Balaban J connectivity index is 5.49. The van der Waals surface area contributed by atoms with Crippen molar-refractivity contribution in [2.45, 2.75) is 57.3 Å². The molecule has 0 aromatic rings. The highest BCUT2D eigenvalue weighted by Gasteiger charge is 2.33. The predicted octanol–water partition coefficient (Wildman–Crippen LogP) is -2.48. The van der Waals surface area contributed by atoms with Gasteiger partial charge in [0.2, 0.25) is 23.6 Å². The molecule has 0 heterocycles. The van der Waals surface area contributed by atoms with Crippen LogP contribution >= 0.6 is 11.8 Å². The minimum Gasteiger partial charge on any atom is -0.480 e. The van der Waals surface area contributed by atoms with Gasteiger partial charge in [0.05, 0.1) is 13.0 Å². The molecule has 5 unspecified atom stereocenters. The Morgan fingerprint density at radius 1 is 1.00 bits per heavy atom. The van der Waals surface area contributed by atoms with E-state index in [4.69, 9.17) is 16.6 Å². The number of thioether (sulfide) groups is 1. The molecule has 5 atom stereocenters. The number of carboxylic acid groups (broad SMARTS) is 1. The molecule has 0 aromatic heterocycles. The quantitative estimate of drug-likeness (QED) is 0.137. The summed E-state index contributed by atoms with van der Waals surface area (Å²) in [6.45, 7) is 2.83. The molecule has 0 spiro atoms. The Hall–Kier alpha value is -2.38. The van der Waals surface area contributed by atoms with E-state index in [-0.39, 0.29) is 12.3 Å². The zero-order valence-electron chi connectivity index (χ0n) is 17.9. The van der Waals surface area contributed by atoms with Crippen molar-refractivity contribution >= 4 is 41.4 Å². The van der Waals surface area contributed by atoms with Crippen LogP contribution in [0.5, 0.6) is 0 Å². The van der Waals surface area contributed by atoms with Gasteiger partial charge in [-0.25, -0.2) is 4.79 Å². The molecule has 0 aliphatic heterocycles. The van der Waals surface area contributed by atoms with E-state index in [9.17, 15) is 29.1 Å². The van der Waals surface area contributed by atoms with Crippen LogP contribution in [0, 0.1) is 5.92 Å². The van der Waals surface area contributed by atoms with E-state index in [1.54, 1.807) is 20.1 Å². The number of amides is 4. The number of nitrogens with one attached hydrogen (secondary N) is 3. The average Bonchev–Trinajstić information content (AvgIpc) is 2.71. The van der Waals surface area contributed by atoms with Crippen LogP contribution in [0.4, 0.5) is 0 Å². The molecule has 4 amide bonds. The van der Waals surface area contributed by atoms with Gasteiger partial charge in [-0.3, -0.25) is 19.2 Å². The molecule has 0 rings (SSSR count). The van der Waals surface area contributed by atoms with E-state index in [1.807, 2.05) is 0 Å². The van der Waals surface area contributed by atoms with E-state index in [0.29, 0.717) is 12.2 Å². The molecule has 0 saturated carbocycles. The van der Waals surface area contributed by atoms with Crippen LogP contribution in [0.3, 0.4) is 0 Å². The maximum atomic E-state index is 12.8. The number of hydrogen-bond acceptors (Lipinski definition) is 8. The minimum atomic E-state index is -1.43. The maximum absolute atomic E-state index is 12.8. The Labute approximate surface area is 185 Å². The molecule has 0 bridgehead atoms. The fourth-order valence-electron chi connectivity index (χ4n) is 2.48. The first-order chi connectivity index (χ1) is 14.5. The number of hydrogen-bond donors (Lipinski definition) is 7. The third kappa shape index (κ3) is 10.5. The van der Waals surface area contributed by atoms with Gasteiger partial charge in [-0.05, 0) is 24.3 Å².